The molecule has 0 aromatic heterocycles. The summed E-state index contributed by atoms with van der Waals surface area (Å²) in [6, 6.07) is 0.462. The third-order valence-corrected chi connectivity index (χ3v) is 4.69. The van der Waals surface area contributed by atoms with Gasteiger partial charge in [0.2, 0.25) is 0 Å². The fourth-order valence-corrected chi connectivity index (χ4v) is 3.14. The molecule has 2 fully saturated rings. The largest absolute Gasteiger partial charge is 0.328 e. The molecule has 0 amide bonds. The predicted octanol–water partition coefficient (Wildman–Crippen LogP) is -0.348. The van der Waals surface area contributed by atoms with Crippen LogP contribution in [0.1, 0.15) is 25.7 Å². The van der Waals surface area contributed by atoms with Gasteiger partial charge in [-0.15, -0.1) is 0 Å². The number of nitrogens with two attached hydrogens (primary N) is 1. The third kappa shape index (κ3) is 2.90. The fourth-order valence-electron chi connectivity index (χ4n) is 1.90. The smallest absolute Gasteiger partial charge is 0.279 e. The van der Waals surface area contributed by atoms with Gasteiger partial charge >= 0.3 is 0 Å². The molecule has 0 saturated heterocycles. The average Bonchev–Trinajstić information content (AvgIpc) is 2.84. The third-order valence-electron chi connectivity index (χ3n) is 3.09. The maximum Gasteiger partial charge on any atom is 0.279 e. The van der Waals surface area contributed by atoms with Gasteiger partial charge in [0.25, 0.3) is 10.2 Å². The first kappa shape index (κ1) is 11.3. The Balaban J connectivity index is 1.80. The van der Waals surface area contributed by atoms with Crippen molar-refractivity contribution in [3.05, 3.63) is 0 Å². The monoisotopic (exact) mass is 233 g/mol. The van der Waals surface area contributed by atoms with E-state index in [4.69, 9.17) is 5.73 Å². The van der Waals surface area contributed by atoms with E-state index < -0.39 is 10.2 Å². The molecule has 0 bridgehead atoms. The first-order valence-corrected chi connectivity index (χ1v) is 6.90. The molecule has 2 aliphatic carbocycles. The lowest BCUT2D eigenvalue weighted by atomic mass is 9.81. The van der Waals surface area contributed by atoms with Gasteiger partial charge in [-0.05, 0) is 31.6 Å². The van der Waals surface area contributed by atoms with Gasteiger partial charge in [-0.25, -0.2) is 0 Å². The van der Waals surface area contributed by atoms with E-state index in [-0.39, 0.29) is 12.1 Å². The molecule has 15 heavy (non-hydrogen) atoms. The van der Waals surface area contributed by atoms with Crippen molar-refractivity contribution in [1.82, 2.24) is 9.03 Å². The number of rotatable bonds is 5. The topological polar surface area (TPSA) is 75.4 Å². The number of nitrogens with zero attached hydrogens (tertiary/aromatic N) is 1. The lowest BCUT2D eigenvalue weighted by molar-refractivity contribution is 0.226. The molecule has 2 rings (SSSR count). The summed E-state index contributed by atoms with van der Waals surface area (Å²) in [5.74, 6) is 0.445. The van der Waals surface area contributed by atoms with E-state index in [1.165, 1.54) is 4.31 Å². The van der Waals surface area contributed by atoms with Gasteiger partial charge < -0.3 is 5.73 Å². The summed E-state index contributed by atoms with van der Waals surface area (Å²) in [5.41, 5.74) is 5.66. The SMILES string of the molecule is CN(CC1CC(N)C1)S(=O)(=O)NC1CC1. The van der Waals surface area contributed by atoms with Crippen LogP contribution in [0.25, 0.3) is 0 Å². The van der Waals surface area contributed by atoms with Crippen molar-refractivity contribution in [2.45, 2.75) is 37.8 Å². The Bertz CT molecular complexity index is 320. The lowest BCUT2D eigenvalue weighted by Crippen LogP contribution is -2.46. The van der Waals surface area contributed by atoms with Crippen LogP contribution >= 0.6 is 0 Å². The quantitative estimate of drug-likeness (QED) is 0.681. The van der Waals surface area contributed by atoms with Gasteiger partial charge in [0.15, 0.2) is 0 Å². The van der Waals surface area contributed by atoms with Crippen LogP contribution < -0.4 is 10.5 Å². The molecule has 0 spiro atoms. The second-order valence-electron chi connectivity index (χ2n) is 4.78. The molecule has 5 nitrogen and oxygen atoms in total. The van der Waals surface area contributed by atoms with Gasteiger partial charge in [0, 0.05) is 25.7 Å². The second-order valence-corrected chi connectivity index (χ2v) is 6.58. The highest BCUT2D eigenvalue weighted by atomic mass is 32.2. The Kier molecular flexibility index (Phi) is 3.03. The Morgan fingerprint density at radius 2 is 2.00 bits per heavy atom. The minimum Gasteiger partial charge on any atom is -0.328 e. The van der Waals surface area contributed by atoms with E-state index in [0.717, 1.165) is 25.7 Å². The van der Waals surface area contributed by atoms with Crippen LogP contribution in [0.15, 0.2) is 0 Å². The zero-order valence-corrected chi connectivity index (χ0v) is 9.83. The van der Waals surface area contributed by atoms with Crippen molar-refractivity contribution < 1.29 is 8.42 Å². The van der Waals surface area contributed by atoms with Crippen LogP contribution in [0.4, 0.5) is 0 Å². The standard InChI is InChI=1S/C9H19N3O2S/c1-12(6-7-4-8(10)5-7)15(13,14)11-9-2-3-9/h7-9,11H,2-6,10H2,1H3. The van der Waals surface area contributed by atoms with Crippen molar-refractivity contribution in [3.8, 4) is 0 Å². The normalized spacial score (nSPS) is 31.7. The number of nitrogens with one attached hydrogen (secondary N) is 1. The van der Waals surface area contributed by atoms with Gasteiger partial charge in [-0.3, -0.25) is 0 Å². The highest BCUT2D eigenvalue weighted by Gasteiger charge is 2.33. The Hall–Kier alpha value is -0.170. The molecular formula is C9H19N3O2S. The Morgan fingerprint density at radius 1 is 1.40 bits per heavy atom. The highest BCUT2D eigenvalue weighted by Crippen LogP contribution is 2.27. The summed E-state index contributed by atoms with van der Waals surface area (Å²) in [5, 5.41) is 0. The lowest BCUT2D eigenvalue weighted by Gasteiger charge is -2.34. The average molecular weight is 233 g/mol. The molecule has 0 aromatic rings. The van der Waals surface area contributed by atoms with E-state index in [2.05, 4.69) is 4.72 Å². The Morgan fingerprint density at radius 3 is 2.47 bits per heavy atom. The molecule has 2 aliphatic rings. The van der Waals surface area contributed by atoms with Crippen LogP contribution in [0.3, 0.4) is 0 Å². The highest BCUT2D eigenvalue weighted by molar-refractivity contribution is 7.87. The molecule has 0 unspecified atom stereocenters. The van der Waals surface area contributed by atoms with E-state index in [1.54, 1.807) is 7.05 Å². The van der Waals surface area contributed by atoms with Gasteiger partial charge in [0.05, 0.1) is 0 Å². The van der Waals surface area contributed by atoms with E-state index in [9.17, 15) is 8.42 Å². The number of hydrogen-bond acceptors (Lipinski definition) is 3. The minimum atomic E-state index is -3.24. The van der Waals surface area contributed by atoms with Gasteiger partial charge in [-0.2, -0.15) is 17.4 Å². The van der Waals surface area contributed by atoms with Gasteiger partial charge in [0.1, 0.15) is 0 Å². The minimum absolute atomic E-state index is 0.182. The van der Waals surface area contributed by atoms with Crippen molar-refractivity contribution in [2.75, 3.05) is 13.6 Å². The zero-order chi connectivity index (χ0) is 11.1. The molecule has 0 radical (unpaired) electrons. The van der Waals surface area contributed by atoms with E-state index in [0.29, 0.717) is 12.5 Å². The molecule has 0 aromatic carbocycles. The molecule has 88 valence electrons. The van der Waals surface area contributed by atoms with Crippen LogP contribution in [0.5, 0.6) is 0 Å². The number of hydrogen-bond donors (Lipinski definition) is 2. The molecule has 0 atom stereocenters. The summed E-state index contributed by atoms with van der Waals surface area (Å²) in [6.07, 6.45) is 3.84. The van der Waals surface area contributed by atoms with Crippen LogP contribution in [0.2, 0.25) is 0 Å². The summed E-state index contributed by atoms with van der Waals surface area (Å²) in [6.45, 7) is 0.593. The predicted molar refractivity (Wildman–Crippen MR) is 58.4 cm³/mol. The summed E-state index contributed by atoms with van der Waals surface area (Å²) >= 11 is 0. The van der Waals surface area contributed by atoms with Gasteiger partial charge in [-0.1, -0.05) is 0 Å². The first-order valence-electron chi connectivity index (χ1n) is 5.46. The molecule has 6 heteroatoms. The summed E-state index contributed by atoms with van der Waals surface area (Å²) in [4.78, 5) is 0. The van der Waals surface area contributed by atoms with Crippen LogP contribution in [0, 0.1) is 5.92 Å². The van der Waals surface area contributed by atoms with Crippen molar-refractivity contribution in [3.63, 3.8) is 0 Å². The first-order chi connectivity index (χ1) is 6.97. The summed E-state index contributed by atoms with van der Waals surface area (Å²) in [7, 11) is -1.61. The molecule has 0 aliphatic heterocycles. The second kappa shape index (κ2) is 4.01. The van der Waals surface area contributed by atoms with Crippen LogP contribution in [-0.2, 0) is 10.2 Å². The maximum absolute atomic E-state index is 11.7. The Labute approximate surface area is 91.2 Å². The zero-order valence-electron chi connectivity index (χ0n) is 9.02. The fraction of sp³-hybridized carbons (Fsp3) is 1.00. The summed E-state index contributed by atoms with van der Waals surface area (Å²) < 4.78 is 27.5. The van der Waals surface area contributed by atoms with Crippen molar-refractivity contribution in [1.29, 1.82) is 0 Å². The van der Waals surface area contributed by atoms with Crippen LogP contribution in [-0.4, -0.2) is 38.4 Å². The van der Waals surface area contributed by atoms with Crippen molar-refractivity contribution in [2.24, 2.45) is 11.7 Å². The molecule has 3 N–H and O–H groups in total. The van der Waals surface area contributed by atoms with E-state index >= 15 is 0 Å². The maximum atomic E-state index is 11.7. The molecule has 0 heterocycles. The molecule has 2 saturated carbocycles. The van der Waals surface area contributed by atoms with Crippen molar-refractivity contribution >= 4 is 10.2 Å². The van der Waals surface area contributed by atoms with E-state index in [1.807, 2.05) is 0 Å². The molecular weight excluding hydrogens is 214 g/mol.